The van der Waals surface area contributed by atoms with Crippen molar-refractivity contribution in [3.63, 3.8) is 0 Å². The van der Waals surface area contributed by atoms with Crippen molar-refractivity contribution in [2.75, 3.05) is 6.54 Å². The SMILES string of the molecule is [Cl-].[Cl-].[NH3+]CC[n+]1ccc[nH]1. The van der Waals surface area contributed by atoms with Gasteiger partial charge in [-0.3, -0.25) is 0 Å². The highest BCUT2D eigenvalue weighted by atomic mass is 35.5. The van der Waals surface area contributed by atoms with Crippen molar-refractivity contribution in [1.29, 1.82) is 0 Å². The molecule has 0 saturated heterocycles. The van der Waals surface area contributed by atoms with Crippen LogP contribution in [0.15, 0.2) is 18.5 Å². The molecule has 0 radical (unpaired) electrons. The minimum Gasteiger partial charge on any atom is -1.00 e. The number of quaternary nitrogens is 1. The lowest BCUT2D eigenvalue weighted by Gasteiger charge is -1.80. The molecule has 0 aliphatic heterocycles. The van der Waals surface area contributed by atoms with Crippen LogP contribution < -0.4 is 35.2 Å². The number of halogens is 2. The van der Waals surface area contributed by atoms with Gasteiger partial charge in [0.15, 0.2) is 6.20 Å². The Morgan fingerprint density at radius 1 is 1.40 bits per heavy atom. The van der Waals surface area contributed by atoms with Crippen molar-refractivity contribution in [2.45, 2.75) is 6.54 Å². The van der Waals surface area contributed by atoms with E-state index in [0.29, 0.717) is 0 Å². The lowest BCUT2D eigenvalue weighted by Crippen LogP contribution is -3.00. The molecule has 0 amide bonds. The number of H-pyrrole nitrogens is 1. The molecule has 1 aromatic rings. The van der Waals surface area contributed by atoms with E-state index in [2.05, 4.69) is 10.8 Å². The summed E-state index contributed by atoms with van der Waals surface area (Å²) in [5.41, 5.74) is 3.72. The second-order valence-electron chi connectivity index (χ2n) is 1.68. The van der Waals surface area contributed by atoms with E-state index in [4.69, 9.17) is 0 Å². The van der Waals surface area contributed by atoms with Crippen molar-refractivity contribution in [2.24, 2.45) is 0 Å². The lowest BCUT2D eigenvalue weighted by atomic mass is 10.6. The van der Waals surface area contributed by atoms with Crippen LogP contribution in [0.3, 0.4) is 0 Å². The van der Waals surface area contributed by atoms with Gasteiger partial charge in [0.25, 0.3) is 0 Å². The Kier molecular flexibility index (Phi) is 8.53. The van der Waals surface area contributed by atoms with Gasteiger partial charge < -0.3 is 30.5 Å². The molecule has 1 aromatic heterocycles. The van der Waals surface area contributed by atoms with Crippen molar-refractivity contribution in [3.8, 4) is 0 Å². The fraction of sp³-hybridized carbons (Fsp3) is 0.400. The summed E-state index contributed by atoms with van der Waals surface area (Å²) in [5.74, 6) is 0. The number of nitrogens with zero attached hydrogens (tertiary/aromatic N) is 1. The van der Waals surface area contributed by atoms with E-state index in [1.165, 1.54) is 0 Å². The van der Waals surface area contributed by atoms with Gasteiger partial charge in [-0.2, -0.15) is 5.10 Å². The lowest BCUT2D eigenvalue weighted by molar-refractivity contribution is -0.761. The van der Waals surface area contributed by atoms with Gasteiger partial charge in [-0.15, -0.1) is 4.68 Å². The molecule has 0 bridgehead atoms. The number of nitrogens with one attached hydrogen (secondary N) is 1. The summed E-state index contributed by atoms with van der Waals surface area (Å²) in [4.78, 5) is 0. The molecule has 3 nitrogen and oxygen atoms in total. The van der Waals surface area contributed by atoms with Gasteiger partial charge in [0.2, 0.25) is 6.54 Å². The first-order chi connectivity index (χ1) is 3.93. The normalized spacial score (nSPS) is 7.70. The average Bonchev–Trinajstić information content (AvgIpc) is 2.19. The summed E-state index contributed by atoms with van der Waals surface area (Å²) in [6.07, 6.45) is 3.89. The van der Waals surface area contributed by atoms with E-state index in [9.17, 15) is 0 Å². The van der Waals surface area contributed by atoms with Crippen LogP contribution in [0.25, 0.3) is 0 Å². The third-order valence-electron chi connectivity index (χ3n) is 1.00. The smallest absolute Gasteiger partial charge is 0.219 e. The highest BCUT2D eigenvalue weighted by Gasteiger charge is 1.94. The number of rotatable bonds is 2. The van der Waals surface area contributed by atoms with Crippen LogP contribution in [-0.4, -0.2) is 11.6 Å². The summed E-state index contributed by atoms with van der Waals surface area (Å²) in [6, 6.07) is 1.97. The third kappa shape index (κ3) is 3.71. The van der Waals surface area contributed by atoms with E-state index < -0.39 is 0 Å². The summed E-state index contributed by atoms with van der Waals surface area (Å²) in [7, 11) is 0. The fourth-order valence-electron chi connectivity index (χ4n) is 0.638. The molecule has 1 rings (SSSR count). The predicted molar refractivity (Wildman–Crippen MR) is 28.7 cm³/mol. The molecule has 1 heterocycles. The molecule has 0 aromatic carbocycles. The zero-order valence-corrected chi connectivity index (χ0v) is 7.07. The fourth-order valence-corrected chi connectivity index (χ4v) is 0.638. The molecule has 5 heteroatoms. The Labute approximate surface area is 72.4 Å². The standard InChI is InChI=1S/C5H9N3.2ClH/c6-2-5-8-4-1-3-7-8;;/h1,3-4H,2,5-6H2;2*1H. The molecular formula is C5H11Cl2N3. The largest absolute Gasteiger partial charge is 1.00 e. The Balaban J connectivity index is 0. The predicted octanol–water partition coefficient (Wildman–Crippen LogP) is -7.45. The van der Waals surface area contributed by atoms with Crippen LogP contribution in [0.2, 0.25) is 0 Å². The maximum Gasteiger partial charge on any atom is 0.219 e. The first-order valence-corrected chi connectivity index (χ1v) is 2.75. The van der Waals surface area contributed by atoms with Crippen LogP contribution >= 0.6 is 0 Å². The molecule has 60 valence electrons. The van der Waals surface area contributed by atoms with Gasteiger partial charge in [0, 0.05) is 6.07 Å². The van der Waals surface area contributed by atoms with Crippen LogP contribution in [-0.2, 0) is 6.54 Å². The van der Waals surface area contributed by atoms with Crippen LogP contribution in [0.4, 0.5) is 0 Å². The monoisotopic (exact) mass is 183 g/mol. The summed E-state index contributed by atoms with van der Waals surface area (Å²) < 4.78 is 1.99. The first-order valence-electron chi connectivity index (χ1n) is 2.75. The first kappa shape index (κ1) is 12.4. The van der Waals surface area contributed by atoms with Crippen molar-refractivity contribution < 1.29 is 35.2 Å². The quantitative estimate of drug-likeness (QED) is 0.429. The number of hydrogen-bond donors (Lipinski definition) is 2. The molecular weight excluding hydrogens is 173 g/mol. The number of aromatic amines is 1. The van der Waals surface area contributed by atoms with Crippen molar-refractivity contribution in [3.05, 3.63) is 18.5 Å². The maximum atomic E-state index is 3.72. The minimum atomic E-state index is 0. The third-order valence-corrected chi connectivity index (χ3v) is 1.00. The Morgan fingerprint density at radius 2 is 2.10 bits per heavy atom. The molecule has 0 aliphatic carbocycles. The molecule has 0 unspecified atom stereocenters. The zero-order valence-electron chi connectivity index (χ0n) is 5.56. The van der Waals surface area contributed by atoms with Gasteiger partial charge in [0.1, 0.15) is 6.54 Å². The Hall–Kier alpha value is -0.250. The summed E-state index contributed by atoms with van der Waals surface area (Å²) >= 11 is 0. The van der Waals surface area contributed by atoms with E-state index in [-0.39, 0.29) is 24.8 Å². The molecule has 0 atom stereocenters. The molecule has 0 fully saturated rings. The minimum absolute atomic E-state index is 0. The van der Waals surface area contributed by atoms with Gasteiger partial charge in [-0.05, 0) is 0 Å². The molecule has 10 heavy (non-hydrogen) atoms. The highest BCUT2D eigenvalue weighted by Crippen LogP contribution is 1.66. The Bertz CT molecular complexity index is 141. The van der Waals surface area contributed by atoms with Gasteiger partial charge in [-0.1, -0.05) is 0 Å². The molecule has 0 spiro atoms. The van der Waals surface area contributed by atoms with Gasteiger partial charge >= 0.3 is 0 Å². The van der Waals surface area contributed by atoms with E-state index >= 15 is 0 Å². The summed E-state index contributed by atoms with van der Waals surface area (Å²) in [6.45, 7) is 1.91. The molecule has 0 aliphatic rings. The zero-order chi connectivity index (χ0) is 5.82. The van der Waals surface area contributed by atoms with Crippen LogP contribution in [0.5, 0.6) is 0 Å². The van der Waals surface area contributed by atoms with Crippen molar-refractivity contribution >= 4 is 0 Å². The van der Waals surface area contributed by atoms with Crippen LogP contribution in [0.1, 0.15) is 0 Å². The average molecular weight is 184 g/mol. The maximum absolute atomic E-state index is 3.72. The number of aromatic nitrogens is 2. The van der Waals surface area contributed by atoms with Gasteiger partial charge in [0.05, 0.1) is 6.20 Å². The topological polar surface area (TPSA) is 47.3 Å². The number of hydrogen-bond acceptors (Lipinski definition) is 0. The van der Waals surface area contributed by atoms with E-state index in [1.54, 1.807) is 0 Å². The molecule has 0 saturated carbocycles. The highest BCUT2D eigenvalue weighted by molar-refractivity contribution is 4.66. The second kappa shape index (κ2) is 6.86. The van der Waals surface area contributed by atoms with E-state index in [0.717, 1.165) is 13.1 Å². The molecule has 4 N–H and O–H groups in total. The van der Waals surface area contributed by atoms with Gasteiger partial charge in [-0.25, -0.2) is 0 Å². The van der Waals surface area contributed by atoms with E-state index in [1.807, 2.05) is 23.1 Å². The van der Waals surface area contributed by atoms with Crippen molar-refractivity contribution in [1.82, 2.24) is 5.10 Å². The second-order valence-corrected chi connectivity index (χ2v) is 1.68. The van der Waals surface area contributed by atoms with Crippen LogP contribution in [0, 0.1) is 0 Å². The summed E-state index contributed by atoms with van der Waals surface area (Å²) in [5, 5.41) is 3.01. The Morgan fingerprint density at radius 3 is 2.50 bits per heavy atom.